The Balaban J connectivity index is 1.56. The molecule has 2 aliphatic rings. The Morgan fingerprint density at radius 2 is 1.79 bits per heavy atom. The zero-order valence-electron chi connectivity index (χ0n) is 16.9. The van der Waals surface area contributed by atoms with Crippen molar-refractivity contribution < 1.29 is 9.90 Å². The SMILES string of the molecule is CC(C)C(=O)N1Cc2ccccc2CC2(CCN(Cc3ccc(O)cc3)C2)C1. The number of hydrogen-bond acceptors (Lipinski definition) is 3. The van der Waals surface area contributed by atoms with Crippen molar-refractivity contribution in [3.8, 4) is 5.75 Å². The number of carbonyl (C=O) groups is 1. The minimum atomic E-state index is 0.0248. The molecule has 0 aromatic heterocycles. The molecular weight excluding hydrogens is 348 g/mol. The first kappa shape index (κ1) is 19.0. The molecule has 148 valence electrons. The Kier molecular flexibility index (Phi) is 5.15. The lowest BCUT2D eigenvalue weighted by molar-refractivity contribution is -0.136. The smallest absolute Gasteiger partial charge is 0.225 e. The number of aromatic hydroxyl groups is 1. The number of rotatable bonds is 3. The van der Waals surface area contributed by atoms with Gasteiger partial charge in [0.15, 0.2) is 0 Å². The molecular formula is C24H30N2O2. The highest BCUT2D eigenvalue weighted by atomic mass is 16.3. The summed E-state index contributed by atoms with van der Waals surface area (Å²) in [5, 5.41) is 9.52. The van der Waals surface area contributed by atoms with Gasteiger partial charge in [-0.2, -0.15) is 0 Å². The van der Waals surface area contributed by atoms with E-state index < -0.39 is 0 Å². The summed E-state index contributed by atoms with van der Waals surface area (Å²) in [5.41, 5.74) is 4.03. The molecule has 2 aliphatic heterocycles. The van der Waals surface area contributed by atoms with Crippen LogP contribution in [0.2, 0.25) is 0 Å². The van der Waals surface area contributed by atoms with E-state index in [9.17, 15) is 9.90 Å². The van der Waals surface area contributed by atoms with Gasteiger partial charge in [-0.3, -0.25) is 9.69 Å². The molecule has 4 nitrogen and oxygen atoms in total. The normalized spacial score (nSPS) is 22.5. The van der Waals surface area contributed by atoms with Crippen molar-refractivity contribution in [2.75, 3.05) is 19.6 Å². The lowest BCUT2D eigenvalue weighted by atomic mass is 9.80. The van der Waals surface area contributed by atoms with E-state index in [1.807, 2.05) is 26.0 Å². The quantitative estimate of drug-likeness (QED) is 0.883. The Hall–Kier alpha value is -2.33. The number of likely N-dealkylation sites (tertiary alicyclic amines) is 1. The molecule has 1 saturated heterocycles. The van der Waals surface area contributed by atoms with Crippen LogP contribution < -0.4 is 0 Å². The molecule has 28 heavy (non-hydrogen) atoms. The topological polar surface area (TPSA) is 43.8 Å². The average Bonchev–Trinajstić information content (AvgIpc) is 2.97. The molecule has 2 heterocycles. The molecule has 0 radical (unpaired) electrons. The summed E-state index contributed by atoms with van der Waals surface area (Å²) < 4.78 is 0. The van der Waals surface area contributed by atoms with Gasteiger partial charge in [-0.25, -0.2) is 0 Å². The fraction of sp³-hybridized carbons (Fsp3) is 0.458. The number of phenolic OH excluding ortho intramolecular Hbond substituents is 1. The van der Waals surface area contributed by atoms with Crippen LogP contribution in [0.25, 0.3) is 0 Å². The van der Waals surface area contributed by atoms with Gasteiger partial charge in [0, 0.05) is 37.5 Å². The third kappa shape index (κ3) is 3.93. The predicted molar refractivity (Wildman–Crippen MR) is 111 cm³/mol. The van der Waals surface area contributed by atoms with Crippen LogP contribution in [0.3, 0.4) is 0 Å². The van der Waals surface area contributed by atoms with E-state index in [-0.39, 0.29) is 17.2 Å². The van der Waals surface area contributed by atoms with Crippen molar-refractivity contribution in [3.05, 3.63) is 65.2 Å². The van der Waals surface area contributed by atoms with Crippen LogP contribution in [0, 0.1) is 11.3 Å². The zero-order valence-corrected chi connectivity index (χ0v) is 16.9. The summed E-state index contributed by atoms with van der Waals surface area (Å²) >= 11 is 0. The molecule has 0 bridgehead atoms. The molecule has 4 heteroatoms. The van der Waals surface area contributed by atoms with Gasteiger partial charge in [0.25, 0.3) is 0 Å². The molecule has 2 aromatic carbocycles. The van der Waals surface area contributed by atoms with Crippen molar-refractivity contribution in [2.45, 2.75) is 39.8 Å². The first-order valence-corrected chi connectivity index (χ1v) is 10.3. The maximum absolute atomic E-state index is 12.9. The minimum Gasteiger partial charge on any atom is -0.508 e. The molecule has 0 aliphatic carbocycles. The molecule has 1 spiro atoms. The highest BCUT2D eigenvalue weighted by molar-refractivity contribution is 5.78. The van der Waals surface area contributed by atoms with Gasteiger partial charge in [-0.05, 0) is 48.2 Å². The maximum atomic E-state index is 12.9. The third-order valence-corrected chi connectivity index (χ3v) is 6.24. The summed E-state index contributed by atoms with van der Waals surface area (Å²) in [6.45, 7) is 8.51. The lowest BCUT2D eigenvalue weighted by Crippen LogP contribution is -2.43. The molecule has 4 rings (SSSR count). The van der Waals surface area contributed by atoms with Crippen molar-refractivity contribution in [1.82, 2.24) is 9.80 Å². The highest BCUT2D eigenvalue weighted by Crippen LogP contribution is 2.39. The Labute approximate surface area is 167 Å². The first-order chi connectivity index (χ1) is 13.4. The van der Waals surface area contributed by atoms with Gasteiger partial charge in [-0.1, -0.05) is 50.2 Å². The number of nitrogens with zero attached hydrogens (tertiary/aromatic N) is 2. The van der Waals surface area contributed by atoms with E-state index in [2.05, 4.69) is 34.1 Å². The van der Waals surface area contributed by atoms with E-state index in [0.717, 1.165) is 45.6 Å². The standard InChI is InChI=1S/C24H30N2O2/c1-18(2)23(28)26-15-21-6-4-3-5-20(21)13-24(17-26)11-12-25(16-24)14-19-7-9-22(27)10-8-19/h3-10,18,27H,11-17H2,1-2H3. The fourth-order valence-electron chi connectivity index (χ4n) is 4.83. The van der Waals surface area contributed by atoms with Crippen LogP contribution in [-0.2, 0) is 24.3 Å². The highest BCUT2D eigenvalue weighted by Gasteiger charge is 2.42. The van der Waals surface area contributed by atoms with Crippen molar-refractivity contribution >= 4 is 5.91 Å². The number of hydrogen-bond donors (Lipinski definition) is 1. The summed E-state index contributed by atoms with van der Waals surface area (Å²) in [5.74, 6) is 0.592. The summed E-state index contributed by atoms with van der Waals surface area (Å²) in [7, 11) is 0. The van der Waals surface area contributed by atoms with E-state index in [0.29, 0.717) is 5.75 Å². The average molecular weight is 379 g/mol. The minimum absolute atomic E-state index is 0.0248. The van der Waals surface area contributed by atoms with Crippen LogP contribution in [0.1, 0.15) is 37.0 Å². The maximum Gasteiger partial charge on any atom is 0.225 e. The predicted octanol–water partition coefficient (Wildman–Crippen LogP) is 3.83. The van der Waals surface area contributed by atoms with Gasteiger partial charge in [-0.15, -0.1) is 0 Å². The van der Waals surface area contributed by atoms with Crippen molar-refractivity contribution in [2.24, 2.45) is 11.3 Å². The molecule has 1 N–H and O–H groups in total. The first-order valence-electron chi connectivity index (χ1n) is 10.3. The van der Waals surface area contributed by atoms with Crippen LogP contribution in [0.15, 0.2) is 48.5 Å². The van der Waals surface area contributed by atoms with Gasteiger partial charge in [0.05, 0.1) is 0 Å². The number of benzene rings is 2. The van der Waals surface area contributed by atoms with Gasteiger partial charge >= 0.3 is 0 Å². The summed E-state index contributed by atoms with van der Waals surface area (Å²) in [6, 6.07) is 16.1. The van der Waals surface area contributed by atoms with E-state index in [4.69, 9.17) is 0 Å². The monoisotopic (exact) mass is 378 g/mol. The second-order valence-electron chi connectivity index (χ2n) is 8.92. The Morgan fingerprint density at radius 1 is 1.07 bits per heavy atom. The molecule has 1 amide bonds. The molecule has 0 saturated carbocycles. The van der Waals surface area contributed by atoms with E-state index in [1.54, 1.807) is 12.1 Å². The van der Waals surface area contributed by atoms with Gasteiger partial charge in [0.2, 0.25) is 5.91 Å². The number of phenols is 1. The summed E-state index contributed by atoms with van der Waals surface area (Å²) in [4.78, 5) is 17.5. The molecule has 2 aromatic rings. The van der Waals surface area contributed by atoms with E-state index >= 15 is 0 Å². The van der Waals surface area contributed by atoms with Crippen molar-refractivity contribution in [1.29, 1.82) is 0 Å². The van der Waals surface area contributed by atoms with E-state index in [1.165, 1.54) is 16.7 Å². The Bertz CT molecular complexity index is 846. The number of amides is 1. The summed E-state index contributed by atoms with van der Waals surface area (Å²) in [6.07, 6.45) is 2.15. The number of fused-ring (bicyclic) bond motifs is 1. The molecule has 1 fully saturated rings. The molecule has 1 unspecified atom stereocenters. The second kappa shape index (κ2) is 7.59. The van der Waals surface area contributed by atoms with Crippen LogP contribution >= 0.6 is 0 Å². The fourth-order valence-corrected chi connectivity index (χ4v) is 4.83. The largest absolute Gasteiger partial charge is 0.508 e. The zero-order chi connectivity index (χ0) is 19.7. The number of carbonyl (C=O) groups excluding carboxylic acids is 1. The van der Waals surface area contributed by atoms with Gasteiger partial charge < -0.3 is 10.0 Å². The second-order valence-corrected chi connectivity index (χ2v) is 8.92. The van der Waals surface area contributed by atoms with Crippen LogP contribution in [0.4, 0.5) is 0 Å². The van der Waals surface area contributed by atoms with Crippen LogP contribution in [0.5, 0.6) is 5.75 Å². The molecule has 1 atom stereocenters. The Morgan fingerprint density at radius 3 is 2.50 bits per heavy atom. The third-order valence-electron chi connectivity index (χ3n) is 6.24. The van der Waals surface area contributed by atoms with Crippen molar-refractivity contribution in [3.63, 3.8) is 0 Å². The van der Waals surface area contributed by atoms with Crippen LogP contribution in [-0.4, -0.2) is 40.4 Å². The van der Waals surface area contributed by atoms with Gasteiger partial charge in [0.1, 0.15) is 5.75 Å². The lowest BCUT2D eigenvalue weighted by Gasteiger charge is -2.34.